The van der Waals surface area contributed by atoms with Gasteiger partial charge in [-0.2, -0.15) is 0 Å². The zero-order valence-corrected chi connectivity index (χ0v) is 16.4. The molecule has 1 fully saturated rings. The van der Waals surface area contributed by atoms with Crippen molar-refractivity contribution in [3.63, 3.8) is 0 Å². The second kappa shape index (κ2) is 9.84. The zero-order chi connectivity index (χ0) is 19.8. The van der Waals surface area contributed by atoms with Crippen molar-refractivity contribution in [3.8, 4) is 0 Å². The molecule has 0 unspecified atom stereocenters. The van der Waals surface area contributed by atoms with Gasteiger partial charge >= 0.3 is 0 Å². The summed E-state index contributed by atoms with van der Waals surface area (Å²) in [6.07, 6.45) is 1.95. The number of aryl methyl sites for hydroxylation is 1. The Morgan fingerprint density at radius 2 is 2.07 bits per heavy atom. The average Bonchev–Trinajstić information content (AvgIpc) is 3.19. The maximum absolute atomic E-state index is 12.1. The van der Waals surface area contributed by atoms with Crippen LogP contribution in [0, 0.1) is 6.92 Å². The third kappa shape index (κ3) is 5.78. The second-order valence-corrected chi connectivity index (χ2v) is 6.69. The number of hydrogen-bond acceptors (Lipinski definition) is 6. The summed E-state index contributed by atoms with van der Waals surface area (Å²) >= 11 is 0. The molecule has 0 aliphatic carbocycles. The van der Waals surface area contributed by atoms with Crippen molar-refractivity contribution in [2.75, 3.05) is 45.1 Å². The predicted octanol–water partition coefficient (Wildman–Crippen LogP) is 1.10. The summed E-state index contributed by atoms with van der Waals surface area (Å²) in [5.74, 6) is 1.33. The molecule has 0 saturated carbocycles. The lowest BCUT2D eigenvalue weighted by Crippen LogP contribution is -2.52. The van der Waals surface area contributed by atoms with Crippen molar-refractivity contribution in [2.24, 2.45) is 4.99 Å². The van der Waals surface area contributed by atoms with Gasteiger partial charge in [0.2, 0.25) is 5.91 Å². The summed E-state index contributed by atoms with van der Waals surface area (Å²) in [7, 11) is 1.76. The fourth-order valence-corrected chi connectivity index (χ4v) is 3.10. The zero-order valence-electron chi connectivity index (χ0n) is 16.4. The number of anilines is 1. The number of pyridine rings is 1. The van der Waals surface area contributed by atoms with Gasteiger partial charge in [-0.3, -0.25) is 14.7 Å². The van der Waals surface area contributed by atoms with Crippen molar-refractivity contribution < 1.29 is 9.32 Å². The van der Waals surface area contributed by atoms with E-state index in [9.17, 15) is 4.79 Å². The predicted molar refractivity (Wildman–Crippen MR) is 107 cm³/mol. The molecule has 2 aromatic rings. The summed E-state index contributed by atoms with van der Waals surface area (Å²) in [5, 5.41) is 10.1. The lowest BCUT2D eigenvalue weighted by molar-refractivity contribution is -0.116. The molecule has 9 heteroatoms. The molecule has 0 aromatic carbocycles. The van der Waals surface area contributed by atoms with Gasteiger partial charge in [0.25, 0.3) is 0 Å². The van der Waals surface area contributed by atoms with Crippen LogP contribution in [0.15, 0.2) is 40.0 Å². The Balaban J connectivity index is 1.38. The van der Waals surface area contributed by atoms with E-state index in [1.807, 2.05) is 25.1 Å². The molecule has 0 atom stereocenters. The Morgan fingerprint density at radius 3 is 2.75 bits per heavy atom. The lowest BCUT2D eigenvalue weighted by atomic mass is 10.3. The van der Waals surface area contributed by atoms with E-state index in [-0.39, 0.29) is 5.91 Å². The second-order valence-electron chi connectivity index (χ2n) is 6.69. The van der Waals surface area contributed by atoms with Crippen LogP contribution in [0.5, 0.6) is 0 Å². The van der Waals surface area contributed by atoms with Gasteiger partial charge in [0.05, 0.1) is 5.69 Å². The van der Waals surface area contributed by atoms with Crippen molar-refractivity contribution in [2.45, 2.75) is 19.9 Å². The first-order valence-electron chi connectivity index (χ1n) is 9.45. The molecule has 0 bridgehead atoms. The number of carbonyl (C=O) groups is 1. The third-order valence-electron chi connectivity index (χ3n) is 4.55. The largest absolute Gasteiger partial charge is 0.364 e. The molecule has 28 heavy (non-hydrogen) atoms. The number of piperazine rings is 1. The summed E-state index contributed by atoms with van der Waals surface area (Å²) in [6.45, 7) is 6.80. The van der Waals surface area contributed by atoms with Crippen LogP contribution in [0.4, 0.5) is 5.82 Å². The van der Waals surface area contributed by atoms with Gasteiger partial charge in [-0.05, 0) is 19.1 Å². The number of hydrogen-bond donors (Lipinski definition) is 2. The molecular weight excluding hydrogens is 358 g/mol. The number of aromatic nitrogens is 2. The Kier molecular flexibility index (Phi) is 6.96. The van der Waals surface area contributed by atoms with Gasteiger partial charge in [0.15, 0.2) is 5.96 Å². The van der Waals surface area contributed by atoms with Gasteiger partial charge in [-0.25, -0.2) is 4.98 Å². The average molecular weight is 385 g/mol. The van der Waals surface area contributed by atoms with Crippen LogP contribution in [0.2, 0.25) is 0 Å². The SMILES string of the molecule is CN=C(NCCC(=O)Nc1cccc(C)n1)N1CCN(Cc2ccon2)CC1. The molecular formula is C19H27N7O2. The van der Waals surface area contributed by atoms with Crippen LogP contribution in [0.25, 0.3) is 0 Å². The molecule has 2 aromatic heterocycles. The van der Waals surface area contributed by atoms with Gasteiger partial charge in [0.1, 0.15) is 12.1 Å². The maximum atomic E-state index is 12.1. The monoisotopic (exact) mass is 385 g/mol. The number of aliphatic imine (C=N–C) groups is 1. The van der Waals surface area contributed by atoms with Crippen LogP contribution in [-0.4, -0.2) is 71.6 Å². The van der Waals surface area contributed by atoms with E-state index >= 15 is 0 Å². The van der Waals surface area contributed by atoms with Crippen molar-refractivity contribution >= 4 is 17.7 Å². The van der Waals surface area contributed by atoms with E-state index in [1.165, 1.54) is 0 Å². The minimum absolute atomic E-state index is 0.0708. The Bertz CT molecular complexity index is 783. The van der Waals surface area contributed by atoms with E-state index in [1.54, 1.807) is 19.4 Å². The number of nitrogens with zero attached hydrogens (tertiary/aromatic N) is 5. The van der Waals surface area contributed by atoms with Crippen LogP contribution in [0.1, 0.15) is 17.8 Å². The molecule has 0 spiro atoms. The normalized spacial score (nSPS) is 15.5. The van der Waals surface area contributed by atoms with Crippen LogP contribution >= 0.6 is 0 Å². The smallest absolute Gasteiger partial charge is 0.227 e. The Morgan fingerprint density at radius 1 is 1.25 bits per heavy atom. The number of carbonyl (C=O) groups excluding carboxylic acids is 1. The van der Waals surface area contributed by atoms with Crippen LogP contribution in [-0.2, 0) is 11.3 Å². The van der Waals surface area contributed by atoms with Crippen molar-refractivity contribution in [1.82, 2.24) is 25.3 Å². The number of guanidine groups is 1. The minimum atomic E-state index is -0.0708. The molecule has 0 radical (unpaired) electrons. The van der Waals surface area contributed by atoms with Gasteiger partial charge < -0.3 is 20.1 Å². The van der Waals surface area contributed by atoms with E-state index in [2.05, 4.69) is 35.6 Å². The number of amides is 1. The molecule has 2 N–H and O–H groups in total. The maximum Gasteiger partial charge on any atom is 0.227 e. The fourth-order valence-electron chi connectivity index (χ4n) is 3.10. The first kappa shape index (κ1) is 19.8. The minimum Gasteiger partial charge on any atom is -0.364 e. The quantitative estimate of drug-likeness (QED) is 0.567. The highest BCUT2D eigenvalue weighted by atomic mass is 16.5. The van der Waals surface area contributed by atoms with Gasteiger partial charge in [0, 0.05) is 64.5 Å². The number of rotatable bonds is 6. The Hall–Kier alpha value is -2.94. The molecule has 3 heterocycles. The highest BCUT2D eigenvalue weighted by Crippen LogP contribution is 2.07. The van der Waals surface area contributed by atoms with E-state index in [4.69, 9.17) is 4.52 Å². The van der Waals surface area contributed by atoms with E-state index in [0.717, 1.165) is 50.1 Å². The van der Waals surface area contributed by atoms with Gasteiger partial charge in [-0.15, -0.1) is 0 Å². The van der Waals surface area contributed by atoms with Crippen molar-refractivity contribution in [1.29, 1.82) is 0 Å². The molecule has 3 rings (SSSR count). The summed E-state index contributed by atoms with van der Waals surface area (Å²) in [4.78, 5) is 25.3. The first-order chi connectivity index (χ1) is 13.6. The molecule has 1 aliphatic heterocycles. The van der Waals surface area contributed by atoms with E-state index < -0.39 is 0 Å². The first-order valence-corrected chi connectivity index (χ1v) is 9.45. The summed E-state index contributed by atoms with van der Waals surface area (Å²) in [5.41, 5.74) is 1.82. The number of nitrogens with one attached hydrogen (secondary N) is 2. The van der Waals surface area contributed by atoms with Crippen molar-refractivity contribution in [3.05, 3.63) is 41.9 Å². The topological polar surface area (TPSA) is 98.9 Å². The Labute approximate surface area is 164 Å². The van der Waals surface area contributed by atoms with Gasteiger partial charge in [-0.1, -0.05) is 11.2 Å². The highest BCUT2D eigenvalue weighted by molar-refractivity contribution is 5.90. The summed E-state index contributed by atoms with van der Waals surface area (Å²) in [6, 6.07) is 7.45. The molecule has 9 nitrogen and oxygen atoms in total. The molecule has 150 valence electrons. The fraction of sp³-hybridized carbons (Fsp3) is 0.474. The standard InChI is InChI=1S/C19H27N7O2/c1-15-4-3-5-17(22-15)23-18(27)6-8-21-19(20-2)26-11-9-25(10-12-26)14-16-7-13-28-24-16/h3-5,7,13H,6,8-12,14H2,1-2H3,(H,20,21)(H,22,23,27). The third-order valence-corrected chi connectivity index (χ3v) is 4.55. The highest BCUT2D eigenvalue weighted by Gasteiger charge is 2.20. The molecule has 1 saturated heterocycles. The van der Waals surface area contributed by atoms with E-state index in [0.29, 0.717) is 18.8 Å². The summed E-state index contributed by atoms with van der Waals surface area (Å²) < 4.78 is 4.89. The lowest BCUT2D eigenvalue weighted by Gasteiger charge is -2.36. The molecule has 1 aliphatic rings. The van der Waals surface area contributed by atoms with Crippen LogP contribution < -0.4 is 10.6 Å². The van der Waals surface area contributed by atoms with Crippen LogP contribution in [0.3, 0.4) is 0 Å². The molecule has 1 amide bonds.